The van der Waals surface area contributed by atoms with Crippen molar-refractivity contribution in [2.45, 2.75) is 13.3 Å². The Labute approximate surface area is 85.0 Å². The van der Waals surface area contributed by atoms with E-state index in [-0.39, 0.29) is 10.2 Å². The first-order valence-corrected chi connectivity index (χ1v) is 4.17. The Morgan fingerprint density at radius 2 is 2.00 bits per heavy atom. The van der Waals surface area contributed by atoms with E-state index in [0.717, 1.165) is 0 Å². The SMILES string of the molecule is Cc1c(Br)ncc(OC(F)(F)F)c1F. The van der Waals surface area contributed by atoms with Gasteiger partial charge < -0.3 is 4.74 Å². The van der Waals surface area contributed by atoms with Crippen molar-refractivity contribution in [3.63, 3.8) is 0 Å². The van der Waals surface area contributed by atoms with Crippen molar-refractivity contribution in [1.29, 1.82) is 0 Å². The molecule has 0 aliphatic carbocycles. The Hall–Kier alpha value is -0.850. The molecule has 0 amide bonds. The van der Waals surface area contributed by atoms with Crippen LogP contribution in [0.4, 0.5) is 17.6 Å². The van der Waals surface area contributed by atoms with Crippen LogP contribution < -0.4 is 4.74 Å². The standard InChI is InChI=1S/C7H4BrF4NO/c1-3-5(9)4(2-13-6(3)8)14-7(10,11)12/h2H,1H3. The molecule has 0 atom stereocenters. The molecule has 0 N–H and O–H groups in total. The van der Waals surface area contributed by atoms with Gasteiger partial charge in [0, 0.05) is 5.56 Å². The van der Waals surface area contributed by atoms with Crippen LogP contribution in [0.1, 0.15) is 5.56 Å². The molecule has 0 aliphatic rings. The van der Waals surface area contributed by atoms with E-state index in [4.69, 9.17) is 0 Å². The Morgan fingerprint density at radius 3 is 2.50 bits per heavy atom. The molecule has 0 saturated heterocycles. The van der Waals surface area contributed by atoms with Crippen LogP contribution in [0.5, 0.6) is 5.75 Å². The van der Waals surface area contributed by atoms with Crippen LogP contribution in [-0.4, -0.2) is 11.3 Å². The van der Waals surface area contributed by atoms with Crippen molar-refractivity contribution in [2.24, 2.45) is 0 Å². The van der Waals surface area contributed by atoms with Gasteiger partial charge in [-0.2, -0.15) is 0 Å². The number of ether oxygens (including phenoxy) is 1. The van der Waals surface area contributed by atoms with Crippen molar-refractivity contribution >= 4 is 15.9 Å². The molecule has 0 unspecified atom stereocenters. The van der Waals surface area contributed by atoms with Crippen LogP contribution in [-0.2, 0) is 0 Å². The van der Waals surface area contributed by atoms with Gasteiger partial charge in [-0.3, -0.25) is 0 Å². The minimum Gasteiger partial charge on any atom is -0.401 e. The van der Waals surface area contributed by atoms with Crippen molar-refractivity contribution in [1.82, 2.24) is 4.98 Å². The molecule has 14 heavy (non-hydrogen) atoms. The summed E-state index contributed by atoms with van der Waals surface area (Å²) in [4.78, 5) is 3.48. The van der Waals surface area contributed by atoms with Crippen LogP contribution >= 0.6 is 15.9 Å². The highest BCUT2D eigenvalue weighted by Crippen LogP contribution is 2.28. The normalized spacial score (nSPS) is 11.6. The third kappa shape index (κ3) is 2.57. The molecule has 1 aromatic heterocycles. The second kappa shape index (κ2) is 3.72. The third-order valence-corrected chi connectivity index (χ3v) is 2.18. The summed E-state index contributed by atoms with van der Waals surface area (Å²) < 4.78 is 51.8. The summed E-state index contributed by atoms with van der Waals surface area (Å²) >= 11 is 2.87. The fourth-order valence-electron chi connectivity index (χ4n) is 0.740. The van der Waals surface area contributed by atoms with Crippen molar-refractivity contribution in [3.8, 4) is 5.75 Å². The molecular weight excluding hydrogens is 270 g/mol. The molecule has 0 saturated carbocycles. The topological polar surface area (TPSA) is 22.1 Å². The van der Waals surface area contributed by atoms with Crippen molar-refractivity contribution < 1.29 is 22.3 Å². The molecule has 1 aromatic rings. The molecule has 1 heterocycles. The first kappa shape index (κ1) is 11.2. The summed E-state index contributed by atoms with van der Waals surface area (Å²) in [7, 11) is 0. The zero-order valence-corrected chi connectivity index (χ0v) is 8.41. The van der Waals surface area contributed by atoms with Gasteiger partial charge in [0.15, 0.2) is 11.6 Å². The molecule has 0 bridgehead atoms. The Balaban J connectivity index is 3.06. The first-order chi connectivity index (χ1) is 6.31. The van der Waals surface area contributed by atoms with Crippen LogP contribution in [0.3, 0.4) is 0 Å². The summed E-state index contributed by atoms with van der Waals surface area (Å²) in [6, 6.07) is 0. The van der Waals surface area contributed by atoms with Crippen LogP contribution in [0.2, 0.25) is 0 Å². The van der Waals surface area contributed by atoms with Gasteiger partial charge in [0.25, 0.3) is 0 Å². The smallest absolute Gasteiger partial charge is 0.401 e. The minimum absolute atomic E-state index is 0.0354. The monoisotopic (exact) mass is 273 g/mol. The van der Waals surface area contributed by atoms with E-state index in [0.29, 0.717) is 6.20 Å². The number of pyridine rings is 1. The van der Waals surface area contributed by atoms with E-state index in [1.165, 1.54) is 6.92 Å². The quantitative estimate of drug-likeness (QED) is 0.579. The van der Waals surface area contributed by atoms with Crippen molar-refractivity contribution in [2.75, 3.05) is 0 Å². The van der Waals surface area contributed by atoms with E-state index < -0.39 is 17.9 Å². The lowest BCUT2D eigenvalue weighted by molar-refractivity contribution is -0.275. The number of aromatic nitrogens is 1. The fourth-order valence-corrected chi connectivity index (χ4v) is 1.02. The Bertz CT molecular complexity index is 352. The summed E-state index contributed by atoms with van der Waals surface area (Å²) in [5, 5.41) is 0. The van der Waals surface area contributed by atoms with Gasteiger partial charge in [-0.15, -0.1) is 13.2 Å². The number of hydrogen-bond donors (Lipinski definition) is 0. The first-order valence-electron chi connectivity index (χ1n) is 3.37. The highest BCUT2D eigenvalue weighted by Gasteiger charge is 2.33. The zero-order chi connectivity index (χ0) is 10.9. The Morgan fingerprint density at radius 1 is 1.43 bits per heavy atom. The van der Waals surface area contributed by atoms with Gasteiger partial charge in [0.05, 0.1) is 6.20 Å². The lowest BCUT2D eigenvalue weighted by Gasteiger charge is -2.10. The fraction of sp³-hybridized carbons (Fsp3) is 0.286. The van der Waals surface area contributed by atoms with Gasteiger partial charge in [-0.05, 0) is 22.9 Å². The van der Waals surface area contributed by atoms with Gasteiger partial charge >= 0.3 is 6.36 Å². The summed E-state index contributed by atoms with van der Waals surface area (Å²) in [6.07, 6.45) is -4.25. The maximum atomic E-state index is 13.1. The van der Waals surface area contributed by atoms with E-state index in [2.05, 4.69) is 25.7 Å². The van der Waals surface area contributed by atoms with E-state index in [9.17, 15) is 17.6 Å². The largest absolute Gasteiger partial charge is 0.573 e. The van der Waals surface area contributed by atoms with Gasteiger partial charge in [0.1, 0.15) is 4.60 Å². The van der Waals surface area contributed by atoms with Gasteiger partial charge in [-0.1, -0.05) is 0 Å². The summed E-state index contributed by atoms with van der Waals surface area (Å²) in [5.41, 5.74) is -0.0354. The van der Waals surface area contributed by atoms with Crippen LogP contribution in [0, 0.1) is 12.7 Å². The number of halogens is 5. The predicted octanol–water partition coefficient (Wildman–Crippen LogP) is 3.19. The molecule has 1 rings (SSSR count). The van der Waals surface area contributed by atoms with Gasteiger partial charge in [-0.25, -0.2) is 9.37 Å². The summed E-state index contributed by atoms with van der Waals surface area (Å²) in [5.74, 6) is -2.01. The molecule has 78 valence electrons. The highest BCUT2D eigenvalue weighted by atomic mass is 79.9. The van der Waals surface area contributed by atoms with Crippen LogP contribution in [0.15, 0.2) is 10.8 Å². The summed E-state index contributed by atoms with van der Waals surface area (Å²) in [6.45, 7) is 1.29. The lowest BCUT2D eigenvalue weighted by Crippen LogP contribution is -2.18. The molecule has 0 spiro atoms. The average molecular weight is 274 g/mol. The lowest BCUT2D eigenvalue weighted by atomic mass is 10.3. The van der Waals surface area contributed by atoms with E-state index in [1.807, 2.05) is 0 Å². The molecule has 7 heteroatoms. The zero-order valence-electron chi connectivity index (χ0n) is 6.82. The Kier molecular flexibility index (Phi) is 2.98. The molecule has 2 nitrogen and oxygen atoms in total. The van der Waals surface area contributed by atoms with E-state index >= 15 is 0 Å². The number of alkyl halides is 3. The maximum absolute atomic E-state index is 13.1. The maximum Gasteiger partial charge on any atom is 0.573 e. The molecular formula is C7H4BrF4NO. The van der Waals surface area contributed by atoms with Crippen LogP contribution in [0.25, 0.3) is 0 Å². The van der Waals surface area contributed by atoms with E-state index in [1.54, 1.807) is 0 Å². The number of nitrogens with zero attached hydrogens (tertiary/aromatic N) is 1. The second-order valence-electron chi connectivity index (χ2n) is 2.40. The number of rotatable bonds is 1. The molecule has 0 aromatic carbocycles. The second-order valence-corrected chi connectivity index (χ2v) is 3.15. The highest BCUT2D eigenvalue weighted by molar-refractivity contribution is 9.10. The molecule has 0 aliphatic heterocycles. The number of hydrogen-bond acceptors (Lipinski definition) is 2. The average Bonchev–Trinajstić information content (AvgIpc) is 2.04. The molecule has 0 radical (unpaired) electrons. The predicted molar refractivity (Wildman–Crippen MR) is 43.3 cm³/mol. The minimum atomic E-state index is -4.91. The molecule has 0 fully saturated rings. The van der Waals surface area contributed by atoms with Gasteiger partial charge in [0.2, 0.25) is 0 Å². The third-order valence-electron chi connectivity index (χ3n) is 1.38. The van der Waals surface area contributed by atoms with Crippen molar-refractivity contribution in [3.05, 3.63) is 22.2 Å².